The smallest absolute Gasteiger partial charge is 0.257 e. The van der Waals surface area contributed by atoms with E-state index in [9.17, 15) is 4.79 Å². The Morgan fingerprint density at radius 3 is 2.34 bits per heavy atom. The molecule has 0 bridgehead atoms. The van der Waals surface area contributed by atoms with Crippen LogP contribution in [-0.2, 0) is 0 Å². The van der Waals surface area contributed by atoms with Gasteiger partial charge in [-0.3, -0.25) is 4.79 Å². The zero-order chi connectivity index (χ0) is 20.4. The van der Waals surface area contributed by atoms with E-state index in [1.807, 2.05) is 47.0 Å². The number of carbonyl (C=O) groups excluding carboxylic acids is 1. The Hall–Kier alpha value is -2.92. The van der Waals surface area contributed by atoms with Crippen LogP contribution in [0.1, 0.15) is 28.8 Å². The summed E-state index contributed by atoms with van der Waals surface area (Å²) in [5.41, 5.74) is 4.64. The van der Waals surface area contributed by atoms with Crippen LogP contribution in [0.25, 0.3) is 16.9 Å². The standard InChI is InChI=1S/C24H28N4O/c1-18-9-11-19(12-10-18)23-22(17-25-28(23)21-7-5-4-6-8-21)24(29)27(3)20-13-15-26(2)16-14-20/h4-12,17,20H,13-16H2,1-3H3. The van der Waals surface area contributed by atoms with Gasteiger partial charge in [0.1, 0.15) is 0 Å². The van der Waals surface area contributed by atoms with Crippen LogP contribution < -0.4 is 0 Å². The lowest BCUT2D eigenvalue weighted by Crippen LogP contribution is -2.44. The lowest BCUT2D eigenvalue weighted by atomic mass is 10.0. The molecule has 0 N–H and O–H groups in total. The van der Waals surface area contributed by atoms with Crippen LogP contribution in [0.15, 0.2) is 60.8 Å². The summed E-state index contributed by atoms with van der Waals surface area (Å²) >= 11 is 0. The quantitative estimate of drug-likeness (QED) is 0.678. The predicted octanol–water partition coefficient (Wildman–Crippen LogP) is 4.01. The minimum Gasteiger partial charge on any atom is -0.339 e. The highest BCUT2D eigenvalue weighted by Crippen LogP contribution is 2.29. The minimum absolute atomic E-state index is 0.0392. The second-order valence-corrected chi connectivity index (χ2v) is 7.97. The molecule has 0 spiro atoms. The molecule has 1 saturated heterocycles. The van der Waals surface area contributed by atoms with Crippen molar-refractivity contribution in [3.8, 4) is 16.9 Å². The molecule has 5 heteroatoms. The normalized spacial score (nSPS) is 15.4. The molecule has 4 rings (SSSR count). The molecule has 1 amide bonds. The number of para-hydroxylation sites is 1. The zero-order valence-corrected chi connectivity index (χ0v) is 17.4. The first kappa shape index (κ1) is 19.4. The summed E-state index contributed by atoms with van der Waals surface area (Å²) in [6.07, 6.45) is 3.73. The molecule has 0 atom stereocenters. The molecule has 1 fully saturated rings. The maximum atomic E-state index is 13.5. The van der Waals surface area contributed by atoms with Crippen molar-refractivity contribution >= 4 is 5.91 Å². The van der Waals surface area contributed by atoms with E-state index < -0.39 is 0 Å². The van der Waals surface area contributed by atoms with Gasteiger partial charge in [-0.05, 0) is 52.0 Å². The number of benzene rings is 2. The molecule has 0 saturated carbocycles. The van der Waals surface area contributed by atoms with Gasteiger partial charge in [-0.2, -0.15) is 5.10 Å². The number of carbonyl (C=O) groups is 1. The number of piperidine rings is 1. The first-order valence-electron chi connectivity index (χ1n) is 10.2. The Morgan fingerprint density at radius 1 is 1.03 bits per heavy atom. The molecule has 29 heavy (non-hydrogen) atoms. The number of likely N-dealkylation sites (tertiary alicyclic amines) is 1. The molecule has 1 aliphatic rings. The van der Waals surface area contributed by atoms with Crippen LogP contribution in [0.2, 0.25) is 0 Å². The van der Waals surface area contributed by atoms with E-state index in [4.69, 9.17) is 0 Å². The van der Waals surface area contributed by atoms with Gasteiger partial charge < -0.3 is 9.80 Å². The monoisotopic (exact) mass is 388 g/mol. The first-order valence-corrected chi connectivity index (χ1v) is 10.2. The predicted molar refractivity (Wildman–Crippen MR) is 116 cm³/mol. The van der Waals surface area contributed by atoms with Gasteiger partial charge >= 0.3 is 0 Å². The largest absolute Gasteiger partial charge is 0.339 e. The van der Waals surface area contributed by atoms with Crippen molar-refractivity contribution in [2.75, 3.05) is 27.2 Å². The van der Waals surface area contributed by atoms with Crippen molar-refractivity contribution in [1.29, 1.82) is 0 Å². The molecule has 0 aliphatic carbocycles. The van der Waals surface area contributed by atoms with E-state index in [1.54, 1.807) is 6.20 Å². The lowest BCUT2D eigenvalue weighted by Gasteiger charge is -2.35. The van der Waals surface area contributed by atoms with Gasteiger partial charge in [0.2, 0.25) is 0 Å². The summed E-state index contributed by atoms with van der Waals surface area (Å²) in [5.74, 6) is 0.0392. The van der Waals surface area contributed by atoms with Crippen LogP contribution in [0.4, 0.5) is 0 Å². The zero-order valence-electron chi connectivity index (χ0n) is 17.4. The van der Waals surface area contributed by atoms with Crippen molar-refractivity contribution in [3.05, 3.63) is 71.9 Å². The number of aromatic nitrogens is 2. The Labute approximate surface area is 172 Å². The van der Waals surface area contributed by atoms with Gasteiger partial charge in [-0.25, -0.2) is 4.68 Å². The molecule has 0 radical (unpaired) electrons. The van der Waals surface area contributed by atoms with E-state index in [0.29, 0.717) is 5.56 Å². The van der Waals surface area contributed by atoms with E-state index >= 15 is 0 Å². The van der Waals surface area contributed by atoms with Crippen molar-refractivity contribution in [2.45, 2.75) is 25.8 Å². The van der Waals surface area contributed by atoms with Crippen LogP contribution in [0, 0.1) is 6.92 Å². The number of nitrogens with zero attached hydrogens (tertiary/aromatic N) is 4. The molecule has 2 aromatic carbocycles. The molecular weight excluding hydrogens is 360 g/mol. The Kier molecular flexibility index (Phi) is 5.49. The number of hydrogen-bond acceptors (Lipinski definition) is 3. The van der Waals surface area contributed by atoms with Gasteiger partial charge in [-0.15, -0.1) is 0 Å². The third kappa shape index (κ3) is 3.96. The third-order valence-electron chi connectivity index (χ3n) is 5.88. The minimum atomic E-state index is 0.0392. The second-order valence-electron chi connectivity index (χ2n) is 7.97. The molecule has 3 aromatic rings. The van der Waals surface area contributed by atoms with Crippen molar-refractivity contribution in [2.24, 2.45) is 0 Å². The topological polar surface area (TPSA) is 41.4 Å². The van der Waals surface area contributed by atoms with Crippen LogP contribution >= 0.6 is 0 Å². The molecule has 0 unspecified atom stereocenters. The van der Waals surface area contributed by atoms with Gasteiger partial charge in [0.25, 0.3) is 5.91 Å². The summed E-state index contributed by atoms with van der Waals surface area (Å²) in [7, 11) is 4.06. The highest BCUT2D eigenvalue weighted by Gasteiger charge is 2.28. The Morgan fingerprint density at radius 2 is 1.69 bits per heavy atom. The van der Waals surface area contributed by atoms with E-state index in [2.05, 4.69) is 48.2 Å². The first-order chi connectivity index (χ1) is 14.0. The van der Waals surface area contributed by atoms with Gasteiger partial charge in [0.05, 0.1) is 23.1 Å². The Balaban J connectivity index is 1.74. The SMILES string of the molecule is Cc1ccc(-c2c(C(=O)N(C)C3CCN(C)CC3)cnn2-c2ccccc2)cc1. The maximum Gasteiger partial charge on any atom is 0.257 e. The van der Waals surface area contributed by atoms with Crippen LogP contribution in [0.3, 0.4) is 0 Å². The summed E-state index contributed by atoms with van der Waals surface area (Å²) in [6, 6.07) is 18.5. The highest BCUT2D eigenvalue weighted by atomic mass is 16.2. The summed E-state index contributed by atoms with van der Waals surface area (Å²) in [4.78, 5) is 17.7. The van der Waals surface area contributed by atoms with Gasteiger partial charge in [0.15, 0.2) is 0 Å². The third-order valence-corrected chi connectivity index (χ3v) is 5.88. The number of rotatable bonds is 4. The molecule has 5 nitrogen and oxygen atoms in total. The maximum absolute atomic E-state index is 13.5. The molecule has 2 heterocycles. The molecular formula is C24H28N4O. The second kappa shape index (κ2) is 8.21. The molecule has 1 aliphatic heterocycles. The summed E-state index contributed by atoms with van der Waals surface area (Å²) < 4.78 is 1.88. The van der Waals surface area contributed by atoms with E-state index in [1.165, 1.54) is 5.56 Å². The fourth-order valence-electron chi connectivity index (χ4n) is 4.00. The fourth-order valence-corrected chi connectivity index (χ4v) is 4.00. The fraction of sp³-hybridized carbons (Fsp3) is 0.333. The number of amides is 1. The van der Waals surface area contributed by atoms with Crippen molar-refractivity contribution in [3.63, 3.8) is 0 Å². The molecule has 150 valence electrons. The van der Waals surface area contributed by atoms with Gasteiger partial charge in [0, 0.05) is 18.7 Å². The average Bonchev–Trinajstić information content (AvgIpc) is 3.19. The van der Waals surface area contributed by atoms with E-state index in [0.717, 1.165) is 42.9 Å². The summed E-state index contributed by atoms with van der Waals surface area (Å²) in [5, 5.41) is 4.61. The highest BCUT2D eigenvalue weighted by molar-refractivity contribution is 6.00. The van der Waals surface area contributed by atoms with Crippen molar-refractivity contribution in [1.82, 2.24) is 19.6 Å². The number of hydrogen-bond donors (Lipinski definition) is 0. The molecule has 1 aromatic heterocycles. The van der Waals surface area contributed by atoms with Gasteiger partial charge in [-0.1, -0.05) is 48.0 Å². The lowest BCUT2D eigenvalue weighted by molar-refractivity contribution is 0.0660. The van der Waals surface area contributed by atoms with Crippen molar-refractivity contribution < 1.29 is 4.79 Å². The average molecular weight is 389 g/mol. The summed E-state index contributed by atoms with van der Waals surface area (Å²) in [6.45, 7) is 4.12. The van der Waals surface area contributed by atoms with Crippen LogP contribution in [-0.4, -0.2) is 58.7 Å². The Bertz CT molecular complexity index is 970. The van der Waals surface area contributed by atoms with E-state index in [-0.39, 0.29) is 11.9 Å². The number of aryl methyl sites for hydroxylation is 1. The van der Waals surface area contributed by atoms with Crippen LogP contribution in [0.5, 0.6) is 0 Å².